The molecule has 0 fully saturated rings. The minimum Gasteiger partial charge on any atom is -0.469 e. The highest BCUT2D eigenvalue weighted by atomic mass is 16.5. The Balaban J connectivity index is 0. The molecular weight excluding hydrogens is 134 g/mol. The van der Waals surface area contributed by atoms with Crippen LogP contribution in [0.1, 0.15) is 19.8 Å². The smallest absolute Gasteiger partial charge is 0.305 e. The van der Waals surface area contributed by atoms with Crippen molar-refractivity contribution in [3.63, 3.8) is 0 Å². The Bertz CT molecular complexity index is 116. The number of nitrogens with one attached hydrogen (secondary N) is 1. The van der Waals surface area contributed by atoms with Crippen LogP contribution in [0, 0.1) is 5.41 Å². The molecule has 0 spiro atoms. The maximum Gasteiger partial charge on any atom is 0.305 e. The summed E-state index contributed by atoms with van der Waals surface area (Å²) in [6, 6.07) is 0. The Morgan fingerprint density at radius 1 is 1.70 bits per heavy atom. The molecule has 0 aliphatic rings. The maximum absolute atomic E-state index is 10.2. The van der Waals surface area contributed by atoms with Gasteiger partial charge in [0, 0.05) is 6.42 Å². The van der Waals surface area contributed by atoms with Gasteiger partial charge in [0.2, 0.25) is 6.08 Å². The molecule has 0 atom stereocenters. The first-order chi connectivity index (χ1) is 4.72. The molecule has 0 aromatic rings. The van der Waals surface area contributed by atoms with Crippen molar-refractivity contribution in [3.05, 3.63) is 0 Å². The Morgan fingerprint density at radius 3 is 2.20 bits per heavy atom. The predicted octanol–water partition coefficient (Wildman–Crippen LogP) is 0.860. The highest BCUT2D eigenvalue weighted by Gasteiger charge is 1.92. The highest BCUT2D eigenvalue weighted by molar-refractivity contribution is 5.68. The molecule has 0 unspecified atom stereocenters. The minimum absolute atomic E-state index is 0.123. The lowest BCUT2D eigenvalue weighted by atomic mass is 10.3. The van der Waals surface area contributed by atoms with Crippen LogP contribution in [-0.2, 0) is 14.3 Å². The molecule has 58 valence electrons. The highest BCUT2D eigenvalue weighted by Crippen LogP contribution is 1.86. The summed E-state index contributed by atoms with van der Waals surface area (Å²) in [5, 5.41) is 5.40. The first-order valence-electron chi connectivity index (χ1n) is 2.83. The van der Waals surface area contributed by atoms with Crippen molar-refractivity contribution >= 4 is 12.0 Å². The molecule has 4 heteroatoms. The molecule has 0 radical (unpaired) electrons. The first kappa shape index (κ1) is 11.6. The van der Waals surface area contributed by atoms with Crippen LogP contribution in [0.25, 0.3) is 0 Å². The van der Waals surface area contributed by atoms with Gasteiger partial charge < -0.3 is 4.74 Å². The number of carbonyl (C=O) groups is 1. The van der Waals surface area contributed by atoms with E-state index in [0.717, 1.165) is 12.5 Å². The van der Waals surface area contributed by atoms with E-state index in [-0.39, 0.29) is 5.97 Å². The van der Waals surface area contributed by atoms with Gasteiger partial charge in [0.25, 0.3) is 0 Å². The third kappa shape index (κ3) is 15.8. The third-order valence-electron chi connectivity index (χ3n) is 0.682. The van der Waals surface area contributed by atoms with Gasteiger partial charge in [-0.05, 0) is 6.42 Å². The summed E-state index contributed by atoms with van der Waals surface area (Å²) >= 11 is 0. The number of rotatable bonds is 2. The summed E-state index contributed by atoms with van der Waals surface area (Å²) < 4.78 is 4.35. The van der Waals surface area contributed by atoms with Crippen LogP contribution in [-0.4, -0.2) is 19.2 Å². The fourth-order valence-corrected chi connectivity index (χ4v) is 0.306. The van der Waals surface area contributed by atoms with Crippen LogP contribution in [0.4, 0.5) is 0 Å². The van der Waals surface area contributed by atoms with Crippen molar-refractivity contribution in [2.45, 2.75) is 19.8 Å². The van der Waals surface area contributed by atoms with Crippen molar-refractivity contribution in [2.75, 3.05) is 7.11 Å². The molecule has 0 heterocycles. The second-order valence-corrected chi connectivity index (χ2v) is 1.43. The van der Waals surface area contributed by atoms with Crippen molar-refractivity contribution in [2.24, 2.45) is 0 Å². The second-order valence-electron chi connectivity index (χ2n) is 1.43. The lowest BCUT2D eigenvalue weighted by Gasteiger charge is -1.91. The van der Waals surface area contributed by atoms with Gasteiger partial charge in [0.15, 0.2) is 0 Å². The maximum atomic E-state index is 10.2. The first-order valence-corrected chi connectivity index (χ1v) is 2.83. The number of ether oxygens (including phenoxy) is 1. The standard InChI is InChI=1S/C5H10O2.CHNO/c1-3-4-5(6)7-2;2-1-3/h3-4H2,1-2H3;2H. The zero-order valence-corrected chi connectivity index (χ0v) is 6.14. The minimum atomic E-state index is -0.123. The van der Waals surface area contributed by atoms with Gasteiger partial charge in [-0.2, -0.15) is 0 Å². The molecule has 0 aliphatic heterocycles. The summed E-state index contributed by atoms with van der Waals surface area (Å²) in [6.45, 7) is 1.94. The van der Waals surface area contributed by atoms with Crippen molar-refractivity contribution in [3.8, 4) is 0 Å². The molecule has 0 aromatic carbocycles. The molecule has 0 rings (SSSR count). The van der Waals surface area contributed by atoms with Gasteiger partial charge in [0.05, 0.1) is 7.11 Å². The summed E-state index contributed by atoms with van der Waals surface area (Å²) in [4.78, 5) is 18.5. The number of methoxy groups -OCH3 is 1. The van der Waals surface area contributed by atoms with Crippen LogP contribution < -0.4 is 0 Å². The number of esters is 1. The number of carbonyl (C=O) groups excluding carboxylic acids is 2. The zero-order valence-electron chi connectivity index (χ0n) is 6.14. The molecule has 0 bridgehead atoms. The van der Waals surface area contributed by atoms with E-state index < -0.39 is 0 Å². The molecule has 10 heavy (non-hydrogen) atoms. The summed E-state index contributed by atoms with van der Waals surface area (Å²) in [5.74, 6) is -0.123. The zero-order chi connectivity index (χ0) is 8.41. The normalized spacial score (nSPS) is 6.60. The molecule has 1 N–H and O–H groups in total. The molecule has 0 amide bonds. The van der Waals surface area contributed by atoms with Crippen molar-refractivity contribution < 1.29 is 14.3 Å². The summed E-state index contributed by atoms with van der Waals surface area (Å²) in [6.07, 6.45) is 2.16. The van der Waals surface area contributed by atoms with Crippen LogP contribution in [0.3, 0.4) is 0 Å². The summed E-state index contributed by atoms with van der Waals surface area (Å²) in [7, 11) is 1.40. The van der Waals surface area contributed by atoms with E-state index in [1.165, 1.54) is 7.11 Å². The third-order valence-corrected chi connectivity index (χ3v) is 0.682. The van der Waals surface area contributed by atoms with E-state index in [4.69, 9.17) is 10.2 Å². The number of isocyanates is 1. The van der Waals surface area contributed by atoms with Crippen LogP contribution in [0.15, 0.2) is 0 Å². The van der Waals surface area contributed by atoms with E-state index in [2.05, 4.69) is 4.74 Å². The van der Waals surface area contributed by atoms with Crippen LogP contribution in [0.5, 0.6) is 0 Å². The van der Waals surface area contributed by atoms with E-state index in [1.54, 1.807) is 0 Å². The fraction of sp³-hybridized carbons (Fsp3) is 0.667. The average molecular weight is 145 g/mol. The number of hydrogen-bond donors (Lipinski definition) is 1. The van der Waals surface area contributed by atoms with E-state index in [1.807, 2.05) is 6.92 Å². The molecule has 4 nitrogen and oxygen atoms in total. The molecule has 0 saturated carbocycles. The molecular formula is C6H11NO3. The topological polar surface area (TPSA) is 67.2 Å². The van der Waals surface area contributed by atoms with E-state index in [9.17, 15) is 4.79 Å². The second kappa shape index (κ2) is 10.8. The Labute approximate surface area is 59.7 Å². The monoisotopic (exact) mass is 145 g/mol. The SMILES string of the molecule is CCCC(=O)OC.N=C=O. The van der Waals surface area contributed by atoms with Gasteiger partial charge in [-0.1, -0.05) is 6.92 Å². The van der Waals surface area contributed by atoms with E-state index >= 15 is 0 Å². The molecule has 0 saturated heterocycles. The quantitative estimate of drug-likeness (QED) is 0.356. The summed E-state index contributed by atoms with van der Waals surface area (Å²) in [5.41, 5.74) is 0. The molecule has 0 aromatic heterocycles. The number of hydrogen-bond acceptors (Lipinski definition) is 4. The van der Waals surface area contributed by atoms with Crippen molar-refractivity contribution in [1.82, 2.24) is 0 Å². The van der Waals surface area contributed by atoms with Gasteiger partial charge in [-0.25, -0.2) is 10.2 Å². The Kier molecular flexibility index (Phi) is 12.5. The Hall–Kier alpha value is -1.15. The lowest BCUT2D eigenvalue weighted by Crippen LogP contribution is -1.97. The van der Waals surface area contributed by atoms with E-state index in [0.29, 0.717) is 6.42 Å². The van der Waals surface area contributed by atoms with Gasteiger partial charge >= 0.3 is 5.97 Å². The van der Waals surface area contributed by atoms with Gasteiger partial charge in [-0.15, -0.1) is 0 Å². The largest absolute Gasteiger partial charge is 0.469 e. The molecule has 0 aliphatic carbocycles. The fourth-order valence-electron chi connectivity index (χ4n) is 0.306. The Morgan fingerprint density at radius 2 is 2.10 bits per heavy atom. The predicted molar refractivity (Wildman–Crippen MR) is 35.3 cm³/mol. The van der Waals surface area contributed by atoms with Crippen LogP contribution in [0.2, 0.25) is 0 Å². The van der Waals surface area contributed by atoms with Gasteiger partial charge in [-0.3, -0.25) is 4.79 Å². The lowest BCUT2D eigenvalue weighted by molar-refractivity contribution is -0.140. The van der Waals surface area contributed by atoms with Crippen LogP contribution >= 0.6 is 0 Å². The average Bonchev–Trinajstić information content (AvgIpc) is 1.90. The van der Waals surface area contributed by atoms with Gasteiger partial charge in [0.1, 0.15) is 0 Å². The van der Waals surface area contributed by atoms with Crippen molar-refractivity contribution in [1.29, 1.82) is 5.41 Å².